The van der Waals surface area contributed by atoms with E-state index in [1.54, 1.807) is 5.51 Å². The van der Waals surface area contributed by atoms with E-state index in [1.165, 1.54) is 11.5 Å². The van der Waals surface area contributed by atoms with E-state index in [4.69, 9.17) is 0 Å². The molecule has 0 amide bonds. The maximum absolute atomic E-state index is 3.96. The van der Waals surface area contributed by atoms with Gasteiger partial charge in [-0.25, -0.2) is 4.98 Å². The number of rotatable bonds is 1. The molecule has 0 aromatic carbocycles. The average Bonchev–Trinajstić information content (AvgIpc) is 2.59. The summed E-state index contributed by atoms with van der Waals surface area (Å²) in [4.78, 5) is 3.94. The first-order chi connectivity index (χ1) is 4.97. The molecule has 4 nitrogen and oxygen atoms in total. The lowest BCUT2D eigenvalue weighted by Crippen LogP contribution is -1.76. The highest BCUT2D eigenvalue weighted by atomic mass is 32.1. The topological polar surface area (TPSA) is 51.6 Å². The van der Waals surface area contributed by atoms with Gasteiger partial charge in [0.05, 0.1) is 11.7 Å². The van der Waals surface area contributed by atoms with Gasteiger partial charge in [0.15, 0.2) is 11.5 Å². The van der Waals surface area contributed by atoms with E-state index >= 15 is 0 Å². The zero-order valence-corrected chi connectivity index (χ0v) is 6.32. The van der Waals surface area contributed by atoms with E-state index in [0.717, 1.165) is 11.7 Å². The first-order valence-corrected chi connectivity index (χ1v) is 4.00. The van der Waals surface area contributed by atoms with Gasteiger partial charge < -0.3 is 0 Å². The van der Waals surface area contributed by atoms with Gasteiger partial charge >= 0.3 is 0 Å². The largest absolute Gasteiger partial charge is 0.222 e. The van der Waals surface area contributed by atoms with Crippen molar-refractivity contribution in [3.05, 3.63) is 11.7 Å². The van der Waals surface area contributed by atoms with Crippen LogP contribution in [0.1, 0.15) is 0 Å². The van der Waals surface area contributed by atoms with E-state index in [1.807, 2.05) is 0 Å². The van der Waals surface area contributed by atoms with Crippen LogP contribution in [0.4, 0.5) is 0 Å². The molecule has 10 heavy (non-hydrogen) atoms. The highest BCUT2D eigenvalue weighted by molar-refractivity contribution is 7.03. The second-order valence-electron chi connectivity index (χ2n) is 1.48. The Kier molecular flexibility index (Phi) is 1.40. The van der Waals surface area contributed by atoms with E-state index in [-0.39, 0.29) is 0 Å². The maximum atomic E-state index is 3.96. The Bertz CT molecular complexity index is 255. The molecular formula is C4HN4S2. The molecule has 2 heterocycles. The van der Waals surface area contributed by atoms with Crippen molar-refractivity contribution in [3.8, 4) is 11.5 Å². The molecule has 49 valence electrons. The summed E-state index contributed by atoms with van der Waals surface area (Å²) in [5.74, 6) is 0.610. The summed E-state index contributed by atoms with van der Waals surface area (Å²) in [7, 11) is 0. The third kappa shape index (κ3) is 0.910. The van der Waals surface area contributed by atoms with Crippen molar-refractivity contribution in [2.24, 2.45) is 0 Å². The minimum absolute atomic E-state index is 0.610. The van der Waals surface area contributed by atoms with E-state index in [0.29, 0.717) is 11.5 Å². The van der Waals surface area contributed by atoms with Gasteiger partial charge in [0.25, 0.3) is 0 Å². The molecular weight excluding hydrogens is 168 g/mol. The van der Waals surface area contributed by atoms with Crippen LogP contribution in [0.3, 0.4) is 0 Å². The Labute approximate surface area is 65.1 Å². The van der Waals surface area contributed by atoms with Crippen LogP contribution >= 0.6 is 23.3 Å². The van der Waals surface area contributed by atoms with Crippen molar-refractivity contribution in [3.63, 3.8) is 0 Å². The molecule has 2 aromatic rings. The van der Waals surface area contributed by atoms with Gasteiger partial charge in [-0.15, -0.1) is 0 Å². The molecule has 0 bridgehead atoms. The highest BCUT2D eigenvalue weighted by Crippen LogP contribution is 2.10. The lowest BCUT2D eigenvalue weighted by atomic mass is 10.5. The number of nitrogens with zero attached hydrogens (tertiary/aromatic N) is 4. The Morgan fingerprint density at radius 1 is 1.40 bits per heavy atom. The molecule has 0 atom stereocenters. The van der Waals surface area contributed by atoms with Crippen molar-refractivity contribution in [2.75, 3.05) is 0 Å². The monoisotopic (exact) mass is 169 g/mol. The summed E-state index contributed by atoms with van der Waals surface area (Å²) in [5.41, 5.74) is 2.29. The lowest BCUT2D eigenvalue weighted by molar-refractivity contribution is 1.29. The highest BCUT2D eigenvalue weighted by Gasteiger charge is 2.03. The number of aromatic nitrogens is 4. The van der Waals surface area contributed by atoms with Gasteiger partial charge in [-0.3, -0.25) is 0 Å². The molecule has 6 heteroatoms. The van der Waals surface area contributed by atoms with E-state index in [2.05, 4.69) is 24.3 Å². The van der Waals surface area contributed by atoms with Crippen molar-refractivity contribution in [1.82, 2.24) is 18.1 Å². The van der Waals surface area contributed by atoms with Gasteiger partial charge in [-0.05, 0) is 11.5 Å². The third-order valence-corrected chi connectivity index (χ3v) is 1.81. The van der Waals surface area contributed by atoms with Crippen LogP contribution in [0.5, 0.6) is 0 Å². The van der Waals surface area contributed by atoms with Crippen molar-refractivity contribution >= 4 is 23.3 Å². The van der Waals surface area contributed by atoms with E-state index in [9.17, 15) is 0 Å². The lowest BCUT2D eigenvalue weighted by Gasteiger charge is -1.78. The second-order valence-corrected chi connectivity index (χ2v) is 2.61. The predicted octanol–water partition coefficient (Wildman–Crippen LogP) is 0.857. The number of hydrogen-bond donors (Lipinski definition) is 0. The molecule has 0 fully saturated rings. The van der Waals surface area contributed by atoms with Gasteiger partial charge in [-0.1, -0.05) is 0 Å². The van der Waals surface area contributed by atoms with Crippen LogP contribution in [0.25, 0.3) is 11.5 Å². The predicted molar refractivity (Wildman–Crippen MR) is 37.6 cm³/mol. The zero-order chi connectivity index (χ0) is 6.81. The van der Waals surface area contributed by atoms with Crippen LogP contribution < -0.4 is 0 Å². The van der Waals surface area contributed by atoms with Crippen molar-refractivity contribution in [1.29, 1.82) is 0 Å². The smallest absolute Gasteiger partial charge is 0.194 e. The Balaban J connectivity index is 2.48. The maximum Gasteiger partial charge on any atom is 0.194 e. The summed E-state index contributed by atoms with van der Waals surface area (Å²) in [6.07, 6.45) is 2.68. The van der Waals surface area contributed by atoms with E-state index < -0.39 is 0 Å². The van der Waals surface area contributed by atoms with Crippen molar-refractivity contribution < 1.29 is 0 Å². The summed E-state index contributed by atoms with van der Waals surface area (Å²) < 4.78 is 11.6. The quantitative estimate of drug-likeness (QED) is 0.635. The fourth-order valence-corrected chi connectivity index (χ4v) is 1.31. The van der Waals surface area contributed by atoms with Gasteiger partial charge in [0, 0.05) is 0 Å². The molecule has 0 aliphatic carbocycles. The Hall–Kier alpha value is -0.880. The average molecular weight is 169 g/mol. The fourth-order valence-electron chi connectivity index (χ4n) is 0.511. The van der Waals surface area contributed by atoms with Crippen LogP contribution in [0, 0.1) is 6.20 Å². The van der Waals surface area contributed by atoms with Crippen LogP contribution in [-0.2, 0) is 0 Å². The summed E-state index contributed by atoms with van der Waals surface area (Å²) in [6.45, 7) is 0. The molecule has 0 spiro atoms. The minimum atomic E-state index is 0.610. The molecule has 0 saturated carbocycles. The molecule has 0 N–H and O–H groups in total. The summed E-state index contributed by atoms with van der Waals surface area (Å²) in [5, 5.41) is 0. The first kappa shape index (κ1) is 5.87. The Morgan fingerprint density at radius 2 is 2.40 bits per heavy atom. The molecule has 1 radical (unpaired) electrons. The third-order valence-electron chi connectivity index (χ3n) is 0.898. The van der Waals surface area contributed by atoms with Crippen molar-refractivity contribution in [2.45, 2.75) is 0 Å². The molecule has 2 aromatic heterocycles. The van der Waals surface area contributed by atoms with Gasteiger partial charge in [-0.2, -0.15) is 13.1 Å². The van der Waals surface area contributed by atoms with Crippen LogP contribution in [0.2, 0.25) is 0 Å². The molecule has 2 rings (SSSR count). The van der Waals surface area contributed by atoms with Crippen LogP contribution in [-0.4, -0.2) is 18.1 Å². The summed E-state index contributed by atoms with van der Waals surface area (Å²) in [6, 6.07) is 0. The fraction of sp³-hybridized carbons (Fsp3) is 0. The first-order valence-electron chi connectivity index (χ1n) is 2.44. The molecule has 0 aliphatic rings. The molecule has 0 unspecified atom stereocenters. The minimum Gasteiger partial charge on any atom is -0.222 e. The molecule has 0 aliphatic heterocycles. The SMILES string of the molecule is [c]1nsnc1-c1ncsn1. The molecule has 0 saturated heterocycles. The summed E-state index contributed by atoms with van der Waals surface area (Å²) >= 11 is 2.40. The number of hydrogen-bond acceptors (Lipinski definition) is 6. The van der Waals surface area contributed by atoms with Crippen LogP contribution in [0.15, 0.2) is 5.51 Å². The standard InChI is InChI=1S/C4HN4S2/c1-3(7-10-6-1)4-5-2-9-8-4/h2H. The normalized spacial score (nSPS) is 10.0. The van der Waals surface area contributed by atoms with Gasteiger partial charge in [0.2, 0.25) is 0 Å². The van der Waals surface area contributed by atoms with Gasteiger partial charge in [0.1, 0.15) is 11.7 Å². The Morgan fingerprint density at radius 3 is 3.00 bits per heavy atom. The second kappa shape index (κ2) is 2.39. The zero-order valence-electron chi connectivity index (χ0n) is 4.68.